The predicted molar refractivity (Wildman–Crippen MR) is 37.4 cm³/mol. The Morgan fingerprint density at radius 2 is 1.40 bits per heavy atom. The third-order valence-corrected chi connectivity index (χ3v) is 2.40. The Balaban J connectivity index is 2.49. The fourth-order valence-electron chi connectivity index (χ4n) is 1.52. The summed E-state index contributed by atoms with van der Waals surface area (Å²) >= 11 is 0. The molecule has 2 heteroatoms. The molecule has 0 aromatic heterocycles. The van der Waals surface area contributed by atoms with Crippen molar-refractivity contribution in [2.75, 3.05) is 0 Å². The van der Waals surface area contributed by atoms with Crippen LogP contribution in [0, 0.1) is 11.8 Å². The minimum atomic E-state index is -0.918. The summed E-state index contributed by atoms with van der Waals surface area (Å²) in [6.45, 7) is 3.56. The average Bonchev–Trinajstić information content (AvgIpc) is 1.82. The van der Waals surface area contributed by atoms with Crippen LogP contribution in [0.4, 0.5) is 8.78 Å². The molecule has 1 aliphatic rings. The highest BCUT2D eigenvalue weighted by Gasteiger charge is 2.33. The Bertz CT molecular complexity index is 102. The zero-order valence-corrected chi connectivity index (χ0v) is 6.48. The van der Waals surface area contributed by atoms with Gasteiger partial charge in [0.2, 0.25) is 0 Å². The van der Waals surface area contributed by atoms with Gasteiger partial charge in [0.25, 0.3) is 0 Å². The van der Waals surface area contributed by atoms with Crippen LogP contribution >= 0.6 is 0 Å². The average molecular weight is 148 g/mol. The van der Waals surface area contributed by atoms with Crippen LogP contribution < -0.4 is 0 Å². The lowest BCUT2D eigenvalue weighted by Gasteiger charge is -2.30. The van der Waals surface area contributed by atoms with Crippen LogP contribution in [0.15, 0.2) is 0 Å². The summed E-state index contributed by atoms with van der Waals surface area (Å²) < 4.78 is 25.7. The second-order valence-electron chi connectivity index (χ2n) is 3.47. The summed E-state index contributed by atoms with van der Waals surface area (Å²) in [5.41, 5.74) is 0. The van der Waals surface area contributed by atoms with Gasteiger partial charge >= 0.3 is 0 Å². The Morgan fingerprint density at radius 1 is 1.00 bits per heavy atom. The van der Waals surface area contributed by atoms with E-state index in [0.29, 0.717) is 12.8 Å². The van der Waals surface area contributed by atoms with E-state index in [1.165, 1.54) is 0 Å². The molecule has 0 aliphatic heterocycles. The van der Waals surface area contributed by atoms with Gasteiger partial charge in [0.1, 0.15) is 12.3 Å². The predicted octanol–water partition coefficient (Wildman–Crippen LogP) is 2.73. The van der Waals surface area contributed by atoms with E-state index in [9.17, 15) is 8.78 Å². The lowest BCUT2D eigenvalue weighted by atomic mass is 9.81. The molecule has 0 radical (unpaired) electrons. The first-order chi connectivity index (χ1) is 4.61. The van der Waals surface area contributed by atoms with Gasteiger partial charge in [-0.15, -0.1) is 0 Å². The quantitative estimate of drug-likeness (QED) is 0.495. The molecule has 0 aromatic carbocycles. The first-order valence-corrected chi connectivity index (χ1v) is 3.89. The van der Waals surface area contributed by atoms with Crippen LogP contribution in [0.5, 0.6) is 0 Å². The highest BCUT2D eigenvalue weighted by molar-refractivity contribution is 4.82. The molecule has 1 fully saturated rings. The lowest BCUT2D eigenvalue weighted by molar-refractivity contribution is 0.0603. The maximum atomic E-state index is 12.8. The fraction of sp³-hybridized carbons (Fsp3) is 1.00. The molecule has 10 heavy (non-hydrogen) atoms. The Hall–Kier alpha value is -0.140. The van der Waals surface area contributed by atoms with Gasteiger partial charge in [0.05, 0.1) is 0 Å². The van der Waals surface area contributed by atoms with Crippen molar-refractivity contribution in [1.29, 1.82) is 0 Å². The van der Waals surface area contributed by atoms with E-state index >= 15 is 0 Å². The second-order valence-corrected chi connectivity index (χ2v) is 3.47. The molecule has 0 aromatic rings. The highest BCUT2D eigenvalue weighted by atomic mass is 19.1. The summed E-state index contributed by atoms with van der Waals surface area (Å²) in [7, 11) is 0. The maximum Gasteiger partial charge on any atom is 0.106 e. The van der Waals surface area contributed by atoms with Crippen molar-refractivity contribution in [2.24, 2.45) is 11.8 Å². The van der Waals surface area contributed by atoms with Gasteiger partial charge in [-0.2, -0.15) is 0 Å². The maximum absolute atomic E-state index is 12.8. The molecule has 0 amide bonds. The molecular weight excluding hydrogens is 134 g/mol. The number of halogens is 2. The first kappa shape index (κ1) is 7.96. The molecular formula is C8H14F2. The summed E-state index contributed by atoms with van der Waals surface area (Å²) in [5, 5.41) is 0. The van der Waals surface area contributed by atoms with E-state index in [0.717, 1.165) is 0 Å². The number of hydrogen-bond acceptors (Lipinski definition) is 0. The summed E-state index contributed by atoms with van der Waals surface area (Å²) in [6.07, 6.45) is -0.749. The topological polar surface area (TPSA) is 0 Å². The third kappa shape index (κ3) is 1.47. The third-order valence-electron chi connectivity index (χ3n) is 2.40. The molecule has 2 unspecified atom stereocenters. The van der Waals surface area contributed by atoms with E-state index in [1.54, 1.807) is 6.92 Å². The van der Waals surface area contributed by atoms with Crippen LogP contribution in [-0.4, -0.2) is 12.3 Å². The van der Waals surface area contributed by atoms with Crippen molar-refractivity contribution in [3.63, 3.8) is 0 Å². The van der Waals surface area contributed by atoms with Gasteiger partial charge in [-0.25, -0.2) is 8.78 Å². The van der Waals surface area contributed by atoms with Crippen molar-refractivity contribution in [1.82, 2.24) is 0 Å². The van der Waals surface area contributed by atoms with Crippen molar-refractivity contribution in [2.45, 2.75) is 39.0 Å². The van der Waals surface area contributed by atoms with E-state index in [-0.39, 0.29) is 11.8 Å². The summed E-state index contributed by atoms with van der Waals surface area (Å²) in [4.78, 5) is 0. The smallest absolute Gasteiger partial charge is 0.106 e. The van der Waals surface area contributed by atoms with Crippen LogP contribution in [0.2, 0.25) is 0 Å². The zero-order chi connectivity index (χ0) is 7.72. The second kappa shape index (κ2) is 2.85. The molecule has 0 N–H and O–H groups in total. The molecule has 0 nitrogen and oxygen atoms in total. The van der Waals surface area contributed by atoms with Gasteiger partial charge in [0, 0.05) is 5.92 Å². The van der Waals surface area contributed by atoms with Crippen LogP contribution in [0.3, 0.4) is 0 Å². The molecule has 4 atom stereocenters. The van der Waals surface area contributed by atoms with Crippen LogP contribution in [-0.2, 0) is 0 Å². The van der Waals surface area contributed by atoms with E-state index < -0.39 is 12.3 Å². The summed E-state index contributed by atoms with van der Waals surface area (Å²) in [5.74, 6) is -0.155. The van der Waals surface area contributed by atoms with Gasteiger partial charge in [0.15, 0.2) is 0 Å². The number of hydrogen-bond donors (Lipinski definition) is 0. The first-order valence-electron chi connectivity index (χ1n) is 3.89. The van der Waals surface area contributed by atoms with E-state index in [4.69, 9.17) is 0 Å². The van der Waals surface area contributed by atoms with Gasteiger partial charge in [-0.1, -0.05) is 13.8 Å². The number of rotatable bonds is 0. The normalized spacial score (nSPS) is 49.2. The molecule has 0 bridgehead atoms. The van der Waals surface area contributed by atoms with Crippen molar-refractivity contribution in [3.05, 3.63) is 0 Å². The molecule has 0 heterocycles. The van der Waals surface area contributed by atoms with E-state index in [2.05, 4.69) is 0 Å². The molecule has 1 saturated carbocycles. The minimum absolute atomic E-state index is 0.223. The van der Waals surface area contributed by atoms with Crippen LogP contribution in [0.25, 0.3) is 0 Å². The van der Waals surface area contributed by atoms with Crippen LogP contribution in [0.1, 0.15) is 26.7 Å². The lowest BCUT2D eigenvalue weighted by Crippen LogP contribution is -2.32. The minimum Gasteiger partial charge on any atom is -0.247 e. The molecule has 60 valence electrons. The molecule has 0 saturated heterocycles. The zero-order valence-electron chi connectivity index (χ0n) is 6.48. The number of alkyl halides is 2. The van der Waals surface area contributed by atoms with Crippen molar-refractivity contribution < 1.29 is 8.78 Å². The van der Waals surface area contributed by atoms with Gasteiger partial charge < -0.3 is 0 Å². The monoisotopic (exact) mass is 148 g/mol. The fourth-order valence-corrected chi connectivity index (χ4v) is 1.52. The molecule has 1 aliphatic carbocycles. The van der Waals surface area contributed by atoms with E-state index in [1.807, 2.05) is 6.92 Å². The Morgan fingerprint density at radius 3 is 1.80 bits per heavy atom. The standard InChI is InChI=1S/C8H14F2/c1-5-3-7(9)6(2)8(10)4-5/h5-8H,3-4H2,1-2H3/t5?,6?,7-,8+. The van der Waals surface area contributed by atoms with Crippen molar-refractivity contribution in [3.8, 4) is 0 Å². The SMILES string of the molecule is CC1C[C@@H](F)C(C)[C@@H](F)C1. The Labute approximate surface area is 60.6 Å². The summed E-state index contributed by atoms with van der Waals surface area (Å²) in [6, 6.07) is 0. The Kier molecular flexibility index (Phi) is 2.27. The largest absolute Gasteiger partial charge is 0.247 e. The molecule has 1 rings (SSSR count). The highest BCUT2D eigenvalue weighted by Crippen LogP contribution is 2.32. The van der Waals surface area contributed by atoms with Crippen molar-refractivity contribution >= 4 is 0 Å². The van der Waals surface area contributed by atoms with Gasteiger partial charge in [-0.3, -0.25) is 0 Å². The van der Waals surface area contributed by atoms with Gasteiger partial charge in [-0.05, 0) is 18.8 Å². The molecule has 0 spiro atoms.